The van der Waals surface area contributed by atoms with E-state index in [1.165, 1.54) is 25.3 Å². The molecule has 1 saturated heterocycles. The van der Waals surface area contributed by atoms with Crippen molar-refractivity contribution in [3.8, 4) is 6.07 Å². The zero-order valence-electron chi connectivity index (χ0n) is 11.9. The quantitative estimate of drug-likeness (QED) is 0.883. The molecule has 1 amide bonds. The lowest BCUT2D eigenvalue weighted by atomic mass is 9.95. The Kier molecular flexibility index (Phi) is 4.56. The second kappa shape index (κ2) is 6.20. The number of primary amides is 1. The van der Waals surface area contributed by atoms with Crippen LogP contribution in [0.25, 0.3) is 0 Å². The highest BCUT2D eigenvalue weighted by molar-refractivity contribution is 5.85. The van der Waals surface area contributed by atoms with Gasteiger partial charge in [-0.2, -0.15) is 5.26 Å². The summed E-state index contributed by atoms with van der Waals surface area (Å²) in [6.07, 6.45) is 1.39. The van der Waals surface area contributed by atoms with E-state index in [1.54, 1.807) is 0 Å². The summed E-state index contributed by atoms with van der Waals surface area (Å²) in [5, 5.41) is 8.91. The minimum absolute atomic E-state index is 0.182. The zero-order valence-corrected chi connectivity index (χ0v) is 11.9. The van der Waals surface area contributed by atoms with Gasteiger partial charge in [-0.3, -0.25) is 9.69 Å². The van der Waals surface area contributed by atoms with Crippen LogP contribution in [0.15, 0.2) is 18.2 Å². The van der Waals surface area contributed by atoms with Gasteiger partial charge < -0.3 is 10.5 Å². The molecule has 0 saturated carbocycles. The van der Waals surface area contributed by atoms with Crippen LogP contribution in [0.4, 0.5) is 4.39 Å². The second-order valence-electron chi connectivity index (χ2n) is 5.27. The summed E-state index contributed by atoms with van der Waals surface area (Å²) < 4.78 is 19.1. The first-order valence-electron chi connectivity index (χ1n) is 6.76. The highest BCUT2D eigenvalue weighted by Crippen LogP contribution is 2.31. The first-order valence-corrected chi connectivity index (χ1v) is 6.76. The van der Waals surface area contributed by atoms with Crippen molar-refractivity contribution in [1.82, 2.24) is 4.90 Å². The third-order valence-corrected chi connectivity index (χ3v) is 4.00. The van der Waals surface area contributed by atoms with Crippen LogP contribution < -0.4 is 5.73 Å². The molecule has 1 aromatic rings. The number of nitriles is 1. The molecule has 0 radical (unpaired) electrons. The van der Waals surface area contributed by atoms with Crippen LogP contribution in [0.2, 0.25) is 0 Å². The highest BCUT2D eigenvalue weighted by atomic mass is 19.1. The summed E-state index contributed by atoms with van der Waals surface area (Å²) in [4.78, 5) is 13.7. The molecular formula is C15H18FN3O2. The maximum absolute atomic E-state index is 13.9. The molecule has 0 spiro atoms. The Hall–Kier alpha value is -1.97. The van der Waals surface area contributed by atoms with Gasteiger partial charge in [0.15, 0.2) is 0 Å². The number of methoxy groups -OCH3 is 1. The maximum Gasteiger partial charge on any atom is 0.240 e. The molecule has 1 aliphatic heterocycles. The maximum atomic E-state index is 13.9. The Morgan fingerprint density at radius 3 is 3.00 bits per heavy atom. The Balaban J connectivity index is 2.29. The monoisotopic (exact) mass is 291 g/mol. The van der Waals surface area contributed by atoms with E-state index >= 15 is 0 Å². The summed E-state index contributed by atoms with van der Waals surface area (Å²) in [5.74, 6) is -0.851. The lowest BCUT2D eigenvalue weighted by molar-refractivity contribution is -0.132. The normalized spacial score (nSPS) is 22.1. The molecule has 2 N–H and O–H groups in total. The molecular weight excluding hydrogens is 273 g/mol. The first-order chi connectivity index (χ1) is 10.0. The van der Waals surface area contributed by atoms with Gasteiger partial charge in [0.25, 0.3) is 0 Å². The van der Waals surface area contributed by atoms with Gasteiger partial charge in [-0.15, -0.1) is 0 Å². The number of carbonyl (C=O) groups is 1. The van der Waals surface area contributed by atoms with Crippen molar-refractivity contribution >= 4 is 5.91 Å². The van der Waals surface area contributed by atoms with Crippen molar-refractivity contribution in [2.45, 2.75) is 24.9 Å². The minimum atomic E-state index is -0.899. The average Bonchev–Trinajstić information content (AvgIpc) is 2.86. The number of rotatable bonds is 5. The van der Waals surface area contributed by atoms with Gasteiger partial charge in [0.2, 0.25) is 5.91 Å². The van der Waals surface area contributed by atoms with Gasteiger partial charge in [-0.05, 0) is 37.6 Å². The molecule has 1 fully saturated rings. The van der Waals surface area contributed by atoms with Crippen molar-refractivity contribution < 1.29 is 13.9 Å². The van der Waals surface area contributed by atoms with Crippen molar-refractivity contribution in [1.29, 1.82) is 5.26 Å². The van der Waals surface area contributed by atoms with Crippen LogP contribution in [-0.2, 0) is 16.1 Å². The molecule has 0 aromatic heterocycles. The number of halogens is 1. The van der Waals surface area contributed by atoms with E-state index < -0.39 is 17.3 Å². The fraction of sp³-hybridized carbons (Fsp3) is 0.467. The van der Waals surface area contributed by atoms with E-state index in [-0.39, 0.29) is 13.2 Å². The van der Waals surface area contributed by atoms with Crippen LogP contribution >= 0.6 is 0 Å². The summed E-state index contributed by atoms with van der Waals surface area (Å²) in [5.41, 5.74) is 5.43. The fourth-order valence-electron chi connectivity index (χ4n) is 2.89. The number of hydrogen-bond acceptors (Lipinski definition) is 4. The third kappa shape index (κ3) is 2.89. The number of ether oxygens (including phenoxy) is 1. The molecule has 5 nitrogen and oxygen atoms in total. The van der Waals surface area contributed by atoms with Gasteiger partial charge in [0.1, 0.15) is 11.4 Å². The smallest absolute Gasteiger partial charge is 0.240 e. The van der Waals surface area contributed by atoms with Crippen molar-refractivity contribution in [3.05, 3.63) is 35.1 Å². The van der Waals surface area contributed by atoms with Crippen LogP contribution in [0.1, 0.15) is 24.0 Å². The van der Waals surface area contributed by atoms with Crippen molar-refractivity contribution in [2.24, 2.45) is 5.73 Å². The number of benzene rings is 1. The SMILES string of the molecule is COCC1(C(N)=O)CCCN1Cc1cc(C#N)ccc1F. The largest absolute Gasteiger partial charge is 0.382 e. The summed E-state index contributed by atoms with van der Waals surface area (Å²) in [7, 11) is 1.51. The molecule has 1 aliphatic rings. The fourth-order valence-corrected chi connectivity index (χ4v) is 2.89. The van der Waals surface area contributed by atoms with Crippen LogP contribution in [-0.4, -0.2) is 36.6 Å². The molecule has 1 unspecified atom stereocenters. The lowest BCUT2D eigenvalue weighted by Crippen LogP contribution is -2.56. The van der Waals surface area contributed by atoms with E-state index in [4.69, 9.17) is 15.7 Å². The number of nitrogens with zero attached hydrogens (tertiary/aromatic N) is 2. The summed E-state index contributed by atoms with van der Waals surface area (Å²) in [6, 6.07) is 6.19. The average molecular weight is 291 g/mol. The third-order valence-electron chi connectivity index (χ3n) is 4.00. The van der Waals surface area contributed by atoms with Crippen molar-refractivity contribution in [2.75, 3.05) is 20.3 Å². The van der Waals surface area contributed by atoms with Crippen LogP contribution in [0, 0.1) is 17.1 Å². The molecule has 21 heavy (non-hydrogen) atoms. The van der Waals surface area contributed by atoms with E-state index in [2.05, 4.69) is 0 Å². The van der Waals surface area contributed by atoms with Gasteiger partial charge in [0, 0.05) is 19.2 Å². The zero-order chi connectivity index (χ0) is 15.5. The number of amides is 1. The molecule has 1 atom stereocenters. The standard InChI is InChI=1S/C15H18FN3O2/c1-21-10-15(14(18)20)5-2-6-19(15)9-12-7-11(8-17)3-4-13(12)16/h3-4,7H,2,5-6,9-10H2,1H3,(H2,18,20). The molecule has 6 heteroatoms. The minimum Gasteiger partial charge on any atom is -0.382 e. The van der Waals surface area contributed by atoms with Gasteiger partial charge in [-0.25, -0.2) is 4.39 Å². The second-order valence-corrected chi connectivity index (χ2v) is 5.27. The molecule has 1 aromatic carbocycles. The van der Waals surface area contributed by atoms with Gasteiger partial charge in [-0.1, -0.05) is 0 Å². The number of hydrogen-bond donors (Lipinski definition) is 1. The van der Waals surface area contributed by atoms with Gasteiger partial charge >= 0.3 is 0 Å². The number of nitrogens with two attached hydrogens (primary N) is 1. The predicted octanol–water partition coefficient (Wildman–Crippen LogP) is 1.16. The van der Waals surface area contributed by atoms with Crippen LogP contribution in [0.5, 0.6) is 0 Å². The molecule has 2 rings (SSSR count). The predicted molar refractivity (Wildman–Crippen MR) is 74.6 cm³/mol. The number of carbonyl (C=O) groups excluding carboxylic acids is 1. The van der Waals surface area contributed by atoms with E-state index in [0.29, 0.717) is 24.1 Å². The molecule has 1 heterocycles. The Labute approximate surface area is 123 Å². The molecule has 0 aliphatic carbocycles. The van der Waals surface area contributed by atoms with Crippen LogP contribution in [0.3, 0.4) is 0 Å². The summed E-state index contributed by atoms with van der Waals surface area (Å²) in [6.45, 7) is 1.05. The lowest BCUT2D eigenvalue weighted by Gasteiger charge is -2.35. The first kappa shape index (κ1) is 15.4. The van der Waals surface area contributed by atoms with Gasteiger partial charge in [0.05, 0.1) is 18.2 Å². The van der Waals surface area contributed by atoms with E-state index in [9.17, 15) is 9.18 Å². The number of likely N-dealkylation sites (tertiary alicyclic amines) is 1. The molecule has 0 bridgehead atoms. The Morgan fingerprint density at radius 2 is 2.38 bits per heavy atom. The highest BCUT2D eigenvalue weighted by Gasteiger charge is 2.46. The van der Waals surface area contributed by atoms with E-state index in [0.717, 1.165) is 6.42 Å². The molecule has 112 valence electrons. The topological polar surface area (TPSA) is 79.3 Å². The van der Waals surface area contributed by atoms with E-state index in [1.807, 2.05) is 11.0 Å². The Morgan fingerprint density at radius 1 is 1.62 bits per heavy atom. The Bertz CT molecular complexity index is 585. The summed E-state index contributed by atoms with van der Waals surface area (Å²) >= 11 is 0. The van der Waals surface area contributed by atoms with Crippen molar-refractivity contribution in [3.63, 3.8) is 0 Å².